The van der Waals surface area contributed by atoms with Crippen molar-refractivity contribution in [2.45, 2.75) is 57.5 Å². The maximum Gasteiger partial charge on any atom is 0.306 e. The summed E-state index contributed by atoms with van der Waals surface area (Å²) in [5, 5.41) is 12.5. The van der Waals surface area contributed by atoms with E-state index in [2.05, 4.69) is 12.2 Å². The first-order valence-electron chi connectivity index (χ1n) is 6.15. The number of rotatable bonds is 4. The molecule has 0 aromatic carbocycles. The molecule has 0 radical (unpaired) electrons. The quantitative estimate of drug-likeness (QED) is 0.748. The summed E-state index contributed by atoms with van der Waals surface area (Å²) in [7, 11) is 0. The Balaban J connectivity index is 1.70. The summed E-state index contributed by atoms with van der Waals surface area (Å²) < 4.78 is 0. The number of nitrogens with one attached hydrogen (secondary N) is 1. The highest BCUT2D eigenvalue weighted by Crippen LogP contribution is 2.33. The highest BCUT2D eigenvalue weighted by atomic mass is 16.4. The van der Waals surface area contributed by atoms with Gasteiger partial charge in [0.25, 0.3) is 0 Å². The Labute approximate surface area is 91.2 Å². The van der Waals surface area contributed by atoms with Gasteiger partial charge in [-0.15, -0.1) is 0 Å². The van der Waals surface area contributed by atoms with Crippen LogP contribution in [0.25, 0.3) is 0 Å². The third-order valence-electron chi connectivity index (χ3n) is 3.90. The van der Waals surface area contributed by atoms with E-state index in [1.165, 1.54) is 12.8 Å². The maximum absolute atomic E-state index is 10.8. The predicted molar refractivity (Wildman–Crippen MR) is 58.7 cm³/mol. The summed E-state index contributed by atoms with van der Waals surface area (Å²) in [4.78, 5) is 10.8. The van der Waals surface area contributed by atoms with Gasteiger partial charge >= 0.3 is 5.97 Å². The molecule has 86 valence electrons. The third kappa shape index (κ3) is 2.94. The van der Waals surface area contributed by atoms with Crippen molar-refractivity contribution in [3.8, 4) is 0 Å². The van der Waals surface area contributed by atoms with E-state index in [1.807, 2.05) is 0 Å². The van der Waals surface area contributed by atoms with Crippen molar-refractivity contribution in [2.75, 3.05) is 0 Å². The summed E-state index contributed by atoms with van der Waals surface area (Å²) in [6, 6.07) is 1.20. The van der Waals surface area contributed by atoms with Crippen LogP contribution in [-0.2, 0) is 4.79 Å². The molecule has 0 saturated heterocycles. The number of aliphatic carboxylic acids is 1. The van der Waals surface area contributed by atoms with E-state index in [-0.39, 0.29) is 5.92 Å². The second kappa shape index (κ2) is 4.52. The van der Waals surface area contributed by atoms with Gasteiger partial charge in [0, 0.05) is 12.1 Å². The molecular formula is C12H21NO2. The molecule has 1 unspecified atom stereocenters. The molecule has 0 aromatic rings. The Morgan fingerprint density at radius 1 is 1.20 bits per heavy atom. The Bertz CT molecular complexity index is 230. The molecule has 3 heteroatoms. The Morgan fingerprint density at radius 3 is 2.27 bits per heavy atom. The zero-order valence-corrected chi connectivity index (χ0v) is 9.41. The van der Waals surface area contributed by atoms with Crippen molar-refractivity contribution in [1.82, 2.24) is 5.32 Å². The van der Waals surface area contributed by atoms with Crippen LogP contribution in [0.15, 0.2) is 0 Å². The predicted octanol–water partition coefficient (Wildman–Crippen LogP) is 2.02. The fourth-order valence-electron chi connectivity index (χ4n) is 2.61. The van der Waals surface area contributed by atoms with E-state index in [0.717, 1.165) is 31.6 Å². The van der Waals surface area contributed by atoms with E-state index in [0.29, 0.717) is 12.1 Å². The third-order valence-corrected chi connectivity index (χ3v) is 3.90. The van der Waals surface area contributed by atoms with Crippen LogP contribution in [0, 0.1) is 11.8 Å². The number of carbonyl (C=O) groups is 1. The van der Waals surface area contributed by atoms with E-state index in [4.69, 9.17) is 5.11 Å². The maximum atomic E-state index is 10.8. The summed E-state index contributed by atoms with van der Waals surface area (Å²) in [5.41, 5.74) is 0. The molecule has 2 rings (SSSR count). The first-order chi connectivity index (χ1) is 7.16. The molecule has 0 aliphatic heterocycles. The zero-order chi connectivity index (χ0) is 10.8. The Hall–Kier alpha value is -0.570. The first kappa shape index (κ1) is 10.9. The summed E-state index contributed by atoms with van der Waals surface area (Å²) in [6.45, 7) is 2.26. The number of carboxylic acid groups (broad SMARTS) is 1. The van der Waals surface area contributed by atoms with Gasteiger partial charge in [-0.1, -0.05) is 0 Å². The lowest BCUT2D eigenvalue weighted by Gasteiger charge is -2.29. The van der Waals surface area contributed by atoms with Gasteiger partial charge in [-0.3, -0.25) is 4.79 Å². The number of carboxylic acids is 1. The highest BCUT2D eigenvalue weighted by Gasteiger charge is 2.31. The van der Waals surface area contributed by atoms with Crippen LogP contribution in [0.5, 0.6) is 0 Å². The highest BCUT2D eigenvalue weighted by molar-refractivity contribution is 5.70. The van der Waals surface area contributed by atoms with Crippen molar-refractivity contribution < 1.29 is 9.90 Å². The second-order valence-electron chi connectivity index (χ2n) is 5.18. The second-order valence-corrected chi connectivity index (χ2v) is 5.18. The van der Waals surface area contributed by atoms with Gasteiger partial charge in [0.15, 0.2) is 0 Å². The van der Waals surface area contributed by atoms with Crippen LogP contribution < -0.4 is 5.32 Å². The average molecular weight is 211 g/mol. The molecule has 2 N–H and O–H groups in total. The van der Waals surface area contributed by atoms with Crippen LogP contribution in [0.1, 0.15) is 45.4 Å². The first-order valence-corrected chi connectivity index (χ1v) is 6.15. The van der Waals surface area contributed by atoms with Gasteiger partial charge in [0.05, 0.1) is 5.92 Å². The molecule has 0 bridgehead atoms. The van der Waals surface area contributed by atoms with Gasteiger partial charge in [-0.05, 0) is 51.4 Å². The van der Waals surface area contributed by atoms with Crippen molar-refractivity contribution >= 4 is 5.97 Å². The van der Waals surface area contributed by atoms with Crippen LogP contribution in [0.3, 0.4) is 0 Å². The molecule has 2 fully saturated rings. The van der Waals surface area contributed by atoms with Crippen LogP contribution in [0.2, 0.25) is 0 Å². The molecule has 3 nitrogen and oxygen atoms in total. The topological polar surface area (TPSA) is 49.3 Å². The largest absolute Gasteiger partial charge is 0.481 e. The zero-order valence-electron chi connectivity index (χ0n) is 9.41. The molecule has 2 aliphatic rings. The fraction of sp³-hybridized carbons (Fsp3) is 0.917. The SMILES string of the molecule is CC(NC1CCC(C(=O)O)CC1)C1CC1. The molecule has 0 heterocycles. The summed E-state index contributed by atoms with van der Waals surface area (Å²) in [6.07, 6.45) is 6.52. The number of hydrogen-bond acceptors (Lipinski definition) is 2. The molecule has 2 aliphatic carbocycles. The average Bonchev–Trinajstić information content (AvgIpc) is 3.01. The van der Waals surface area contributed by atoms with Crippen molar-refractivity contribution in [2.24, 2.45) is 11.8 Å². The minimum Gasteiger partial charge on any atom is -0.481 e. The van der Waals surface area contributed by atoms with Crippen molar-refractivity contribution in [3.63, 3.8) is 0 Å². The van der Waals surface area contributed by atoms with Crippen LogP contribution in [0.4, 0.5) is 0 Å². The lowest BCUT2D eigenvalue weighted by Crippen LogP contribution is -2.40. The van der Waals surface area contributed by atoms with Gasteiger partial charge in [-0.2, -0.15) is 0 Å². The van der Waals surface area contributed by atoms with Crippen LogP contribution in [-0.4, -0.2) is 23.2 Å². The molecule has 0 aromatic heterocycles. The smallest absolute Gasteiger partial charge is 0.306 e. The summed E-state index contributed by atoms with van der Waals surface area (Å²) in [5.74, 6) is 0.199. The van der Waals surface area contributed by atoms with E-state index >= 15 is 0 Å². The standard InChI is InChI=1S/C12H21NO2/c1-8(9-2-3-9)13-11-6-4-10(5-7-11)12(14)15/h8-11,13H,2-7H2,1H3,(H,14,15). The van der Waals surface area contributed by atoms with Gasteiger partial charge < -0.3 is 10.4 Å². The van der Waals surface area contributed by atoms with Gasteiger partial charge in [0.1, 0.15) is 0 Å². The van der Waals surface area contributed by atoms with E-state index in [1.54, 1.807) is 0 Å². The minimum atomic E-state index is -0.608. The lowest BCUT2D eigenvalue weighted by atomic mass is 9.86. The van der Waals surface area contributed by atoms with E-state index in [9.17, 15) is 4.79 Å². The molecule has 15 heavy (non-hydrogen) atoms. The lowest BCUT2D eigenvalue weighted by molar-refractivity contribution is -0.142. The van der Waals surface area contributed by atoms with E-state index < -0.39 is 5.97 Å². The monoisotopic (exact) mass is 211 g/mol. The van der Waals surface area contributed by atoms with Gasteiger partial charge in [-0.25, -0.2) is 0 Å². The normalized spacial score (nSPS) is 33.7. The molecule has 0 amide bonds. The van der Waals surface area contributed by atoms with Crippen LogP contribution >= 0.6 is 0 Å². The fourth-order valence-corrected chi connectivity index (χ4v) is 2.61. The van der Waals surface area contributed by atoms with Gasteiger partial charge in [0.2, 0.25) is 0 Å². The molecule has 1 atom stereocenters. The minimum absolute atomic E-state index is 0.0840. The molecular weight excluding hydrogens is 190 g/mol. The molecule has 0 spiro atoms. The summed E-state index contributed by atoms with van der Waals surface area (Å²) >= 11 is 0. The Morgan fingerprint density at radius 2 is 1.80 bits per heavy atom. The van der Waals surface area contributed by atoms with Crippen molar-refractivity contribution in [3.05, 3.63) is 0 Å². The Kier molecular flexibility index (Phi) is 3.29. The molecule has 2 saturated carbocycles. The van der Waals surface area contributed by atoms with Crippen molar-refractivity contribution in [1.29, 1.82) is 0 Å². The number of hydrogen-bond donors (Lipinski definition) is 2.